The van der Waals surface area contributed by atoms with Crippen LogP contribution in [0.3, 0.4) is 0 Å². The fourth-order valence-corrected chi connectivity index (χ4v) is 1.97. The van der Waals surface area contributed by atoms with E-state index in [0.29, 0.717) is 0 Å². The number of carbonyl (C=O) groups is 3. The van der Waals surface area contributed by atoms with E-state index in [1.807, 2.05) is 0 Å². The van der Waals surface area contributed by atoms with Crippen molar-refractivity contribution in [2.75, 3.05) is 5.12 Å². The smallest absolute Gasteiger partial charge is 0.341 e. The lowest BCUT2D eigenvalue weighted by molar-refractivity contribution is -0.141. The van der Waals surface area contributed by atoms with E-state index in [9.17, 15) is 37.1 Å². The summed E-state index contributed by atoms with van der Waals surface area (Å²) in [6.07, 6.45) is -2.77. The number of carboxylic acid groups (broad SMARTS) is 1. The molecule has 0 spiro atoms. The van der Waals surface area contributed by atoms with Gasteiger partial charge < -0.3 is 10.2 Å². The van der Waals surface area contributed by atoms with E-state index in [-0.39, 0.29) is 5.01 Å². The predicted octanol–water partition coefficient (Wildman–Crippen LogP) is 0.550. The lowest BCUT2D eigenvalue weighted by atomic mass is 10.1. The average Bonchev–Trinajstić information content (AvgIpc) is 2.75. The van der Waals surface area contributed by atoms with Crippen LogP contribution in [0.25, 0.3) is 5.08 Å². The molecule has 1 saturated heterocycles. The van der Waals surface area contributed by atoms with Gasteiger partial charge in [0.2, 0.25) is 5.69 Å². The van der Waals surface area contributed by atoms with Gasteiger partial charge in [0, 0.05) is 0 Å². The van der Waals surface area contributed by atoms with Crippen molar-refractivity contribution >= 4 is 23.5 Å². The molecule has 126 valence electrons. The van der Waals surface area contributed by atoms with Crippen LogP contribution in [-0.2, 0) is 9.59 Å². The maximum Gasteiger partial charge on any atom is 0.341 e. The Bertz CT molecular complexity index is 795. The van der Waals surface area contributed by atoms with Gasteiger partial charge in [-0.2, -0.15) is 0 Å². The number of hydrazine groups is 1. The predicted molar refractivity (Wildman–Crippen MR) is 63.3 cm³/mol. The highest BCUT2D eigenvalue weighted by atomic mass is 19.2. The fourth-order valence-electron chi connectivity index (χ4n) is 1.97. The molecule has 2 rings (SSSR count). The second kappa shape index (κ2) is 5.74. The number of benzene rings is 1. The first-order chi connectivity index (χ1) is 11.1. The number of carbonyl (C=O) groups excluding carboxylic acids is 2. The van der Waals surface area contributed by atoms with E-state index in [1.165, 1.54) is 0 Å². The maximum absolute atomic E-state index is 13.9. The Hall–Kier alpha value is -3.27. The molecule has 1 heterocycles. The van der Waals surface area contributed by atoms with Crippen molar-refractivity contribution < 1.29 is 42.2 Å². The first kappa shape index (κ1) is 17.1. The van der Waals surface area contributed by atoms with Gasteiger partial charge in [0.05, 0.1) is 6.42 Å². The Balaban J connectivity index is 2.72. The molecule has 9 nitrogen and oxygen atoms in total. The molecule has 1 aliphatic heterocycles. The zero-order valence-electron chi connectivity index (χ0n) is 11.2. The number of amides is 2. The Kier molecular flexibility index (Phi) is 4.09. The molecule has 1 unspecified atom stereocenters. The number of anilines is 1. The summed E-state index contributed by atoms with van der Waals surface area (Å²) in [7, 11) is 0. The fraction of sp³-hybridized carbons (Fsp3) is 0.182. The molecule has 0 aliphatic carbocycles. The number of halogens is 4. The van der Waals surface area contributed by atoms with Crippen LogP contribution in [0.15, 0.2) is 0 Å². The van der Waals surface area contributed by atoms with Crippen molar-refractivity contribution in [1.82, 2.24) is 5.01 Å². The molecule has 1 aromatic rings. The van der Waals surface area contributed by atoms with Crippen LogP contribution < -0.4 is 5.12 Å². The molecule has 13 heteroatoms. The van der Waals surface area contributed by atoms with Crippen LogP contribution >= 0.6 is 0 Å². The third-order valence-electron chi connectivity index (χ3n) is 3.03. The highest BCUT2D eigenvalue weighted by molar-refractivity contribution is 6.06. The lowest BCUT2D eigenvalue weighted by Crippen LogP contribution is -2.44. The quantitative estimate of drug-likeness (QED) is 0.268. The minimum atomic E-state index is -2.36. The highest BCUT2D eigenvalue weighted by Gasteiger charge is 2.50. The van der Waals surface area contributed by atoms with E-state index in [1.54, 1.807) is 0 Å². The number of nitrogens with zero attached hydrogens (tertiary/aromatic N) is 4. The van der Waals surface area contributed by atoms with Crippen LogP contribution in [0.2, 0.25) is 0 Å². The van der Waals surface area contributed by atoms with E-state index in [4.69, 9.17) is 10.5 Å². The number of hydrogen-bond acceptors (Lipinski definition) is 6. The summed E-state index contributed by atoms with van der Waals surface area (Å²) in [5.74, 6) is -14.5. The third kappa shape index (κ3) is 2.29. The zero-order chi connectivity index (χ0) is 18.3. The number of aromatic carboxylic acids is 1. The number of rotatable bonds is 3. The standard InChI is InChI=1S/C11H4F4N4O5/c12-5-4(11(23)24)6(13)8(15)9(7(5)14)19(17-16)18-3(21)1-2(20)10(18)22/h2,20H,1H2/p+1. The van der Waals surface area contributed by atoms with Crippen LogP contribution in [0.1, 0.15) is 16.8 Å². The van der Waals surface area contributed by atoms with E-state index in [0.717, 1.165) is 0 Å². The van der Waals surface area contributed by atoms with Gasteiger partial charge in [-0.3, -0.25) is 9.59 Å². The number of diazo groups is 1. The third-order valence-corrected chi connectivity index (χ3v) is 3.03. The first-order valence-electron chi connectivity index (χ1n) is 5.92. The number of hydrogen-bond donors (Lipinski definition) is 2. The molecule has 0 aromatic heterocycles. The molecule has 1 aliphatic rings. The average molecular weight is 349 g/mol. The summed E-state index contributed by atoms with van der Waals surface area (Å²) in [4.78, 5) is 33.8. The molecule has 0 radical (unpaired) electrons. The lowest BCUT2D eigenvalue weighted by Gasteiger charge is -2.16. The van der Waals surface area contributed by atoms with Gasteiger partial charge in [0.15, 0.2) is 23.3 Å². The summed E-state index contributed by atoms with van der Waals surface area (Å²) >= 11 is 0. The summed E-state index contributed by atoms with van der Waals surface area (Å²) in [5.41, 5.74) is -3.83. The maximum atomic E-state index is 13.9. The Morgan fingerprint density at radius 1 is 1.17 bits per heavy atom. The van der Waals surface area contributed by atoms with Crippen molar-refractivity contribution in [3.8, 4) is 0 Å². The highest BCUT2D eigenvalue weighted by Crippen LogP contribution is 2.33. The molecule has 1 atom stereocenters. The number of imide groups is 1. The monoisotopic (exact) mass is 349 g/mol. The van der Waals surface area contributed by atoms with Gasteiger partial charge in [-0.25, -0.2) is 22.4 Å². The Labute approximate surface area is 128 Å². The van der Waals surface area contributed by atoms with Crippen LogP contribution in [0, 0.1) is 28.7 Å². The minimum absolute atomic E-state index is 0.258. The molecule has 1 fully saturated rings. The van der Waals surface area contributed by atoms with Gasteiger partial charge in [0.25, 0.3) is 17.2 Å². The normalized spacial score (nSPS) is 17.2. The van der Waals surface area contributed by atoms with Gasteiger partial charge in [-0.05, 0) is 0 Å². The van der Waals surface area contributed by atoms with Crippen LogP contribution in [-0.4, -0.2) is 39.1 Å². The van der Waals surface area contributed by atoms with E-state index >= 15 is 0 Å². The van der Waals surface area contributed by atoms with Crippen molar-refractivity contribution in [3.63, 3.8) is 0 Å². The molecule has 0 bridgehead atoms. The summed E-state index contributed by atoms with van der Waals surface area (Å²) < 4.78 is 55.2. The summed E-state index contributed by atoms with van der Waals surface area (Å²) in [5, 5.41) is 28.0. The van der Waals surface area contributed by atoms with Gasteiger partial charge in [-0.1, -0.05) is 0 Å². The summed E-state index contributed by atoms with van der Waals surface area (Å²) in [6, 6.07) is 0. The molecular formula is C11H5F4N4O5+. The topological polar surface area (TPSA) is 126 Å². The zero-order valence-corrected chi connectivity index (χ0v) is 11.2. The van der Waals surface area contributed by atoms with Crippen LogP contribution in [0.4, 0.5) is 23.2 Å². The van der Waals surface area contributed by atoms with E-state index in [2.05, 4.69) is 5.08 Å². The molecule has 2 N–H and O–H groups in total. The van der Waals surface area contributed by atoms with Gasteiger partial charge in [0.1, 0.15) is 16.8 Å². The Morgan fingerprint density at radius 3 is 2.00 bits per heavy atom. The molecule has 1 aromatic carbocycles. The molecule has 2 amide bonds. The van der Waals surface area contributed by atoms with E-state index < -0.39 is 69.9 Å². The second-order valence-corrected chi connectivity index (χ2v) is 4.43. The number of aliphatic hydroxyl groups is 1. The summed E-state index contributed by atoms with van der Waals surface area (Å²) in [6.45, 7) is 0. The Morgan fingerprint density at radius 2 is 1.67 bits per heavy atom. The SMILES string of the molecule is N#[N+]N(c1c(F)c(F)c(C(=O)O)c(F)c1F)N1C(=O)CC(O)C1=O. The largest absolute Gasteiger partial charge is 0.477 e. The van der Waals surface area contributed by atoms with Gasteiger partial charge >= 0.3 is 11.1 Å². The molecule has 0 saturated carbocycles. The first-order valence-corrected chi connectivity index (χ1v) is 5.92. The van der Waals surface area contributed by atoms with Gasteiger partial charge in [-0.15, -0.1) is 5.01 Å². The van der Waals surface area contributed by atoms with Crippen molar-refractivity contribution in [2.45, 2.75) is 12.5 Å². The van der Waals surface area contributed by atoms with Crippen LogP contribution in [0.5, 0.6) is 0 Å². The molecular weight excluding hydrogens is 344 g/mol. The minimum Gasteiger partial charge on any atom is -0.477 e. The van der Waals surface area contributed by atoms with Crippen molar-refractivity contribution in [2.24, 2.45) is 0 Å². The second-order valence-electron chi connectivity index (χ2n) is 4.43. The number of aliphatic hydroxyl groups excluding tert-OH is 1. The van der Waals surface area contributed by atoms with Crippen molar-refractivity contribution in [1.29, 1.82) is 5.39 Å². The number of carboxylic acids is 1. The van der Waals surface area contributed by atoms with Crippen molar-refractivity contribution in [3.05, 3.63) is 33.9 Å². The molecule has 24 heavy (non-hydrogen) atoms.